The first-order valence-corrected chi connectivity index (χ1v) is 8.95. The summed E-state index contributed by atoms with van der Waals surface area (Å²) >= 11 is 4.80. The molecule has 2 aromatic carbocycles. The molecule has 0 spiro atoms. The third kappa shape index (κ3) is 4.21. The first-order valence-electron chi connectivity index (χ1n) is 7.28. The number of carbonyl (C=O) groups is 1. The Hall–Kier alpha value is -2.18. The molecule has 0 aliphatic rings. The molecule has 1 heterocycles. The Morgan fingerprint density at radius 1 is 1.17 bits per heavy atom. The molecule has 24 heavy (non-hydrogen) atoms. The molecule has 1 amide bonds. The molecule has 0 saturated carbocycles. The summed E-state index contributed by atoms with van der Waals surface area (Å²) in [6.45, 7) is 0. The maximum atomic E-state index is 12.1. The van der Waals surface area contributed by atoms with Gasteiger partial charge in [-0.2, -0.15) is 0 Å². The lowest BCUT2D eigenvalue weighted by Crippen LogP contribution is -2.14. The van der Waals surface area contributed by atoms with Crippen LogP contribution in [-0.4, -0.2) is 18.0 Å². The van der Waals surface area contributed by atoms with E-state index in [1.807, 2.05) is 53.9 Å². The summed E-state index contributed by atoms with van der Waals surface area (Å²) in [5.74, 6) is 0.727. The predicted molar refractivity (Wildman–Crippen MR) is 101 cm³/mol. The van der Waals surface area contributed by atoms with Crippen molar-refractivity contribution in [3.63, 3.8) is 0 Å². The van der Waals surface area contributed by atoms with Crippen molar-refractivity contribution in [3.05, 3.63) is 63.9 Å². The number of nitrogens with one attached hydrogen (secondary N) is 1. The van der Waals surface area contributed by atoms with Crippen molar-refractivity contribution >= 4 is 38.3 Å². The van der Waals surface area contributed by atoms with Gasteiger partial charge in [-0.25, -0.2) is 4.98 Å². The molecule has 1 N–H and O–H groups in total. The molecule has 0 aliphatic heterocycles. The van der Waals surface area contributed by atoms with E-state index in [1.54, 1.807) is 7.11 Å². The second kappa shape index (κ2) is 7.59. The van der Waals surface area contributed by atoms with Crippen LogP contribution >= 0.6 is 27.3 Å². The molecular weight excluding hydrogens is 388 g/mol. The maximum absolute atomic E-state index is 12.1. The van der Waals surface area contributed by atoms with E-state index < -0.39 is 0 Å². The van der Waals surface area contributed by atoms with Gasteiger partial charge in [-0.1, -0.05) is 28.1 Å². The van der Waals surface area contributed by atoms with E-state index >= 15 is 0 Å². The highest BCUT2D eigenvalue weighted by atomic mass is 79.9. The highest BCUT2D eigenvalue weighted by molar-refractivity contribution is 9.10. The van der Waals surface area contributed by atoms with Crippen molar-refractivity contribution in [1.29, 1.82) is 0 Å². The molecule has 0 saturated heterocycles. The van der Waals surface area contributed by atoms with E-state index in [0.29, 0.717) is 11.6 Å². The monoisotopic (exact) mass is 402 g/mol. The average Bonchev–Trinajstić information content (AvgIpc) is 3.05. The summed E-state index contributed by atoms with van der Waals surface area (Å²) in [5.41, 5.74) is 2.78. The Labute approximate surface area is 152 Å². The maximum Gasteiger partial charge on any atom is 0.230 e. The van der Waals surface area contributed by atoms with Crippen LogP contribution in [0.5, 0.6) is 5.75 Å². The molecule has 0 radical (unpaired) electrons. The SMILES string of the molecule is COc1ccc(-c2csc(NC(=O)Cc3ccc(Br)cc3)n2)cc1. The van der Waals surface area contributed by atoms with Crippen molar-refractivity contribution in [2.75, 3.05) is 12.4 Å². The van der Waals surface area contributed by atoms with Gasteiger partial charge in [-0.15, -0.1) is 11.3 Å². The van der Waals surface area contributed by atoms with E-state index in [2.05, 4.69) is 26.2 Å². The van der Waals surface area contributed by atoms with E-state index in [4.69, 9.17) is 4.74 Å². The Bertz CT molecular complexity index is 829. The Morgan fingerprint density at radius 2 is 1.88 bits per heavy atom. The van der Waals surface area contributed by atoms with Crippen molar-refractivity contribution in [1.82, 2.24) is 4.98 Å². The number of anilines is 1. The van der Waals surface area contributed by atoms with Gasteiger partial charge in [0.15, 0.2) is 5.13 Å². The van der Waals surface area contributed by atoms with Gasteiger partial charge in [0.25, 0.3) is 0 Å². The fraction of sp³-hybridized carbons (Fsp3) is 0.111. The average molecular weight is 403 g/mol. The van der Waals surface area contributed by atoms with Crippen LogP contribution in [0.15, 0.2) is 58.4 Å². The summed E-state index contributed by atoms with van der Waals surface area (Å²) in [5, 5.41) is 5.38. The van der Waals surface area contributed by atoms with Gasteiger partial charge in [0.05, 0.1) is 19.2 Å². The molecule has 0 unspecified atom stereocenters. The summed E-state index contributed by atoms with van der Waals surface area (Å²) in [6, 6.07) is 15.4. The quantitative estimate of drug-likeness (QED) is 0.668. The van der Waals surface area contributed by atoms with Crippen molar-refractivity contribution in [2.45, 2.75) is 6.42 Å². The summed E-state index contributed by atoms with van der Waals surface area (Å²) in [7, 11) is 1.64. The minimum atomic E-state index is -0.0760. The molecule has 0 bridgehead atoms. The van der Waals surface area contributed by atoms with Crippen LogP contribution in [0.3, 0.4) is 0 Å². The Morgan fingerprint density at radius 3 is 2.54 bits per heavy atom. The van der Waals surface area contributed by atoms with Gasteiger partial charge in [-0.05, 0) is 42.0 Å². The Kier molecular flexibility index (Phi) is 5.27. The van der Waals surface area contributed by atoms with Crippen LogP contribution in [0.2, 0.25) is 0 Å². The van der Waals surface area contributed by atoms with Crippen LogP contribution in [0.4, 0.5) is 5.13 Å². The highest BCUT2D eigenvalue weighted by Gasteiger charge is 2.09. The number of benzene rings is 2. The fourth-order valence-electron chi connectivity index (χ4n) is 2.18. The number of hydrogen-bond donors (Lipinski definition) is 1. The zero-order chi connectivity index (χ0) is 16.9. The van der Waals surface area contributed by atoms with Gasteiger partial charge in [0, 0.05) is 15.4 Å². The minimum Gasteiger partial charge on any atom is -0.497 e. The number of thiazole rings is 1. The smallest absolute Gasteiger partial charge is 0.230 e. The van der Waals surface area contributed by atoms with Gasteiger partial charge in [0.2, 0.25) is 5.91 Å². The third-order valence-electron chi connectivity index (χ3n) is 3.41. The van der Waals surface area contributed by atoms with Crippen LogP contribution in [0, 0.1) is 0 Å². The number of amides is 1. The second-order valence-corrected chi connectivity index (χ2v) is 6.89. The number of carbonyl (C=O) groups excluding carboxylic acids is 1. The highest BCUT2D eigenvalue weighted by Crippen LogP contribution is 2.26. The molecule has 4 nitrogen and oxygen atoms in total. The lowest BCUT2D eigenvalue weighted by atomic mass is 10.1. The first kappa shape index (κ1) is 16.7. The van der Waals surface area contributed by atoms with Crippen molar-refractivity contribution in [3.8, 4) is 17.0 Å². The standard InChI is InChI=1S/C18H15BrN2O2S/c1-23-15-8-4-13(5-9-15)16-11-24-18(20-16)21-17(22)10-12-2-6-14(19)7-3-12/h2-9,11H,10H2,1H3,(H,20,21,22). The number of halogens is 1. The van der Waals surface area contributed by atoms with E-state index in [9.17, 15) is 4.79 Å². The van der Waals surface area contributed by atoms with Crippen molar-refractivity contribution < 1.29 is 9.53 Å². The molecule has 0 atom stereocenters. The Balaban J connectivity index is 1.64. The molecule has 3 aromatic rings. The molecule has 122 valence electrons. The number of rotatable bonds is 5. The zero-order valence-corrected chi connectivity index (χ0v) is 15.4. The number of ether oxygens (including phenoxy) is 1. The van der Waals surface area contributed by atoms with E-state index in [1.165, 1.54) is 11.3 Å². The van der Waals surface area contributed by atoms with E-state index in [0.717, 1.165) is 27.0 Å². The summed E-state index contributed by atoms with van der Waals surface area (Å²) in [4.78, 5) is 16.6. The van der Waals surface area contributed by atoms with Crippen molar-refractivity contribution in [2.24, 2.45) is 0 Å². The van der Waals surface area contributed by atoms with E-state index in [-0.39, 0.29) is 5.91 Å². The molecular formula is C18H15BrN2O2S. The molecule has 1 aromatic heterocycles. The van der Waals surface area contributed by atoms with Crippen LogP contribution in [-0.2, 0) is 11.2 Å². The minimum absolute atomic E-state index is 0.0760. The lowest BCUT2D eigenvalue weighted by Gasteiger charge is -2.02. The lowest BCUT2D eigenvalue weighted by molar-refractivity contribution is -0.115. The van der Waals surface area contributed by atoms with Gasteiger partial charge >= 0.3 is 0 Å². The first-order chi connectivity index (χ1) is 11.6. The zero-order valence-electron chi connectivity index (χ0n) is 13.0. The fourth-order valence-corrected chi connectivity index (χ4v) is 3.18. The number of methoxy groups -OCH3 is 1. The third-order valence-corrected chi connectivity index (χ3v) is 4.70. The topological polar surface area (TPSA) is 51.2 Å². The summed E-state index contributed by atoms with van der Waals surface area (Å²) in [6.07, 6.45) is 0.324. The van der Waals surface area contributed by atoms with Gasteiger partial charge < -0.3 is 10.1 Å². The largest absolute Gasteiger partial charge is 0.497 e. The van der Waals surface area contributed by atoms with Gasteiger partial charge in [-0.3, -0.25) is 4.79 Å². The number of hydrogen-bond acceptors (Lipinski definition) is 4. The molecule has 0 aliphatic carbocycles. The molecule has 6 heteroatoms. The number of aromatic nitrogens is 1. The molecule has 3 rings (SSSR count). The van der Waals surface area contributed by atoms with Crippen LogP contribution in [0.25, 0.3) is 11.3 Å². The normalized spacial score (nSPS) is 10.4. The van der Waals surface area contributed by atoms with Crippen LogP contribution < -0.4 is 10.1 Å². The summed E-state index contributed by atoms with van der Waals surface area (Å²) < 4.78 is 6.15. The van der Waals surface area contributed by atoms with Gasteiger partial charge in [0.1, 0.15) is 5.75 Å². The second-order valence-electron chi connectivity index (χ2n) is 5.12. The molecule has 0 fully saturated rings. The van der Waals surface area contributed by atoms with Crippen LogP contribution in [0.1, 0.15) is 5.56 Å². The predicted octanol–water partition coefficient (Wildman–Crippen LogP) is 4.76. The number of nitrogens with zero attached hydrogens (tertiary/aromatic N) is 1.